The number of hydrogen-bond donors (Lipinski definition) is 0. The van der Waals surface area contributed by atoms with Gasteiger partial charge in [-0.3, -0.25) is 4.90 Å². The molecule has 2 aromatic heterocycles. The van der Waals surface area contributed by atoms with Crippen LogP contribution < -0.4 is 0 Å². The largest absolute Gasteiger partial charge is 0.303 e. The molecular weight excluding hydrogens is 330 g/mol. The van der Waals surface area contributed by atoms with E-state index in [2.05, 4.69) is 40.3 Å². The van der Waals surface area contributed by atoms with Crippen LogP contribution in [0.3, 0.4) is 0 Å². The standard InChI is InChI=1S/C21H22ClN3/c1-2-12-24-14-10-17(11-15-24)21-23-20(16-6-8-18(22)9-7-16)19-5-3-4-13-25(19)21/h2-9,13,17H,1,10-12,14-15H2. The highest BCUT2D eigenvalue weighted by Crippen LogP contribution is 2.33. The SMILES string of the molecule is C=CCN1CCC(c2nc(-c3ccc(Cl)cc3)c3ccccn23)CC1. The molecule has 0 spiro atoms. The van der Waals surface area contributed by atoms with Crippen molar-refractivity contribution in [2.75, 3.05) is 19.6 Å². The van der Waals surface area contributed by atoms with Gasteiger partial charge in [-0.25, -0.2) is 4.98 Å². The first-order valence-electron chi connectivity index (χ1n) is 8.82. The van der Waals surface area contributed by atoms with Crippen molar-refractivity contribution >= 4 is 17.1 Å². The van der Waals surface area contributed by atoms with Crippen LogP contribution in [-0.4, -0.2) is 33.9 Å². The van der Waals surface area contributed by atoms with E-state index in [1.165, 1.54) is 5.82 Å². The molecule has 1 aromatic carbocycles. The molecule has 3 nitrogen and oxygen atoms in total. The van der Waals surface area contributed by atoms with Crippen LogP contribution in [0.5, 0.6) is 0 Å². The highest BCUT2D eigenvalue weighted by atomic mass is 35.5. The highest BCUT2D eigenvalue weighted by molar-refractivity contribution is 6.30. The van der Waals surface area contributed by atoms with Gasteiger partial charge in [0.2, 0.25) is 0 Å². The summed E-state index contributed by atoms with van der Waals surface area (Å²) in [5.41, 5.74) is 3.32. The number of pyridine rings is 1. The van der Waals surface area contributed by atoms with Crippen LogP contribution in [0.1, 0.15) is 24.6 Å². The van der Waals surface area contributed by atoms with Crippen molar-refractivity contribution in [1.82, 2.24) is 14.3 Å². The Bertz CT molecular complexity index is 874. The third-order valence-electron chi connectivity index (χ3n) is 5.03. The number of halogens is 1. The van der Waals surface area contributed by atoms with Gasteiger partial charge in [0.15, 0.2) is 0 Å². The van der Waals surface area contributed by atoms with Gasteiger partial charge in [-0.1, -0.05) is 35.9 Å². The maximum Gasteiger partial charge on any atom is 0.117 e. The fraction of sp³-hybridized carbons (Fsp3) is 0.286. The summed E-state index contributed by atoms with van der Waals surface area (Å²) in [5.74, 6) is 1.68. The van der Waals surface area contributed by atoms with Crippen LogP contribution in [0.15, 0.2) is 61.3 Å². The zero-order chi connectivity index (χ0) is 17.2. The quantitative estimate of drug-likeness (QED) is 0.615. The average Bonchev–Trinajstić information content (AvgIpc) is 3.03. The molecule has 3 aromatic rings. The molecular formula is C21H22ClN3. The minimum absolute atomic E-state index is 0.497. The summed E-state index contributed by atoms with van der Waals surface area (Å²) in [6, 6.07) is 14.3. The minimum Gasteiger partial charge on any atom is -0.303 e. The van der Waals surface area contributed by atoms with E-state index in [1.54, 1.807) is 0 Å². The summed E-state index contributed by atoms with van der Waals surface area (Å²) >= 11 is 6.05. The normalized spacial score (nSPS) is 16.4. The Hall–Kier alpha value is -2.10. The van der Waals surface area contributed by atoms with Crippen LogP contribution in [0.2, 0.25) is 5.02 Å². The molecule has 4 rings (SSSR count). The summed E-state index contributed by atoms with van der Waals surface area (Å²) in [4.78, 5) is 7.52. The zero-order valence-corrected chi connectivity index (χ0v) is 15.0. The van der Waals surface area contributed by atoms with Crippen molar-refractivity contribution in [3.05, 3.63) is 72.2 Å². The van der Waals surface area contributed by atoms with Gasteiger partial charge in [-0.05, 0) is 50.2 Å². The fourth-order valence-electron chi connectivity index (χ4n) is 3.73. The van der Waals surface area contributed by atoms with Crippen molar-refractivity contribution in [3.8, 4) is 11.3 Å². The molecule has 3 heterocycles. The number of piperidine rings is 1. The second-order valence-electron chi connectivity index (χ2n) is 6.64. The smallest absolute Gasteiger partial charge is 0.117 e. The number of hydrogen-bond acceptors (Lipinski definition) is 2. The Morgan fingerprint density at radius 3 is 2.60 bits per heavy atom. The van der Waals surface area contributed by atoms with Crippen molar-refractivity contribution in [1.29, 1.82) is 0 Å². The molecule has 4 heteroatoms. The summed E-state index contributed by atoms with van der Waals surface area (Å²) in [7, 11) is 0. The lowest BCUT2D eigenvalue weighted by Crippen LogP contribution is -2.33. The van der Waals surface area contributed by atoms with Crippen molar-refractivity contribution in [2.45, 2.75) is 18.8 Å². The van der Waals surface area contributed by atoms with E-state index in [0.29, 0.717) is 5.92 Å². The molecule has 0 atom stereocenters. The monoisotopic (exact) mass is 351 g/mol. The summed E-state index contributed by atoms with van der Waals surface area (Å²) in [6.45, 7) is 7.04. The van der Waals surface area contributed by atoms with Gasteiger partial charge < -0.3 is 4.40 Å². The molecule has 1 aliphatic heterocycles. The fourth-order valence-corrected chi connectivity index (χ4v) is 3.85. The topological polar surface area (TPSA) is 20.5 Å². The second-order valence-corrected chi connectivity index (χ2v) is 7.08. The molecule has 128 valence electrons. The van der Waals surface area contributed by atoms with Crippen molar-refractivity contribution in [2.24, 2.45) is 0 Å². The molecule has 0 radical (unpaired) electrons. The van der Waals surface area contributed by atoms with E-state index in [4.69, 9.17) is 16.6 Å². The number of imidazole rings is 1. The van der Waals surface area contributed by atoms with Gasteiger partial charge in [-0.15, -0.1) is 6.58 Å². The number of nitrogens with zero attached hydrogens (tertiary/aromatic N) is 3. The average molecular weight is 352 g/mol. The first kappa shape index (κ1) is 16.4. The maximum absolute atomic E-state index is 6.05. The van der Waals surface area contributed by atoms with Crippen LogP contribution in [0, 0.1) is 0 Å². The molecule has 0 amide bonds. The van der Waals surface area contributed by atoms with E-state index < -0.39 is 0 Å². The van der Waals surface area contributed by atoms with Crippen molar-refractivity contribution in [3.63, 3.8) is 0 Å². The molecule has 1 aliphatic rings. The summed E-state index contributed by atoms with van der Waals surface area (Å²) in [5, 5.41) is 0.752. The van der Waals surface area contributed by atoms with Gasteiger partial charge in [0, 0.05) is 29.2 Å². The molecule has 0 unspecified atom stereocenters. The first-order chi connectivity index (χ1) is 12.3. The lowest BCUT2D eigenvalue weighted by Gasteiger charge is -2.30. The summed E-state index contributed by atoms with van der Waals surface area (Å²) in [6.07, 6.45) is 6.40. The van der Waals surface area contributed by atoms with Crippen molar-refractivity contribution < 1.29 is 0 Å². The molecule has 0 aliphatic carbocycles. The van der Waals surface area contributed by atoms with Crippen LogP contribution in [0.25, 0.3) is 16.8 Å². The Morgan fingerprint density at radius 1 is 1.12 bits per heavy atom. The second kappa shape index (κ2) is 7.03. The van der Waals surface area contributed by atoms with Gasteiger partial charge >= 0.3 is 0 Å². The third kappa shape index (κ3) is 3.22. The Morgan fingerprint density at radius 2 is 1.88 bits per heavy atom. The highest BCUT2D eigenvalue weighted by Gasteiger charge is 2.25. The number of benzene rings is 1. The van der Waals surface area contributed by atoms with Gasteiger partial charge in [0.1, 0.15) is 5.82 Å². The van der Waals surface area contributed by atoms with Gasteiger partial charge in [-0.2, -0.15) is 0 Å². The van der Waals surface area contributed by atoms with E-state index in [0.717, 1.165) is 54.3 Å². The van der Waals surface area contributed by atoms with E-state index in [-0.39, 0.29) is 0 Å². The molecule has 0 bridgehead atoms. The minimum atomic E-state index is 0.497. The van der Waals surface area contributed by atoms with E-state index in [1.807, 2.05) is 30.3 Å². The molecule has 1 fully saturated rings. The van der Waals surface area contributed by atoms with Crippen LogP contribution in [0.4, 0.5) is 0 Å². The summed E-state index contributed by atoms with van der Waals surface area (Å²) < 4.78 is 2.26. The number of aromatic nitrogens is 2. The number of rotatable bonds is 4. The predicted octanol–water partition coefficient (Wildman–Crippen LogP) is 5.02. The number of likely N-dealkylation sites (tertiary alicyclic amines) is 1. The van der Waals surface area contributed by atoms with E-state index >= 15 is 0 Å². The molecule has 25 heavy (non-hydrogen) atoms. The first-order valence-corrected chi connectivity index (χ1v) is 9.20. The lowest BCUT2D eigenvalue weighted by molar-refractivity contribution is 0.229. The zero-order valence-electron chi connectivity index (χ0n) is 14.2. The number of fused-ring (bicyclic) bond motifs is 1. The Balaban J connectivity index is 1.71. The van der Waals surface area contributed by atoms with Gasteiger partial charge in [0.25, 0.3) is 0 Å². The van der Waals surface area contributed by atoms with Crippen LogP contribution in [-0.2, 0) is 0 Å². The molecule has 1 saturated heterocycles. The predicted molar refractivity (Wildman–Crippen MR) is 104 cm³/mol. The lowest BCUT2D eigenvalue weighted by atomic mass is 9.96. The van der Waals surface area contributed by atoms with Gasteiger partial charge in [0.05, 0.1) is 11.2 Å². The maximum atomic E-state index is 6.05. The Kier molecular flexibility index (Phi) is 4.60. The third-order valence-corrected chi connectivity index (χ3v) is 5.29. The Labute approximate surface area is 153 Å². The molecule has 0 N–H and O–H groups in total. The molecule has 0 saturated carbocycles. The van der Waals surface area contributed by atoms with E-state index in [9.17, 15) is 0 Å². The van der Waals surface area contributed by atoms with Crippen LogP contribution >= 0.6 is 11.6 Å².